The predicted octanol–water partition coefficient (Wildman–Crippen LogP) is 1.53. The Labute approximate surface area is 119 Å². The maximum atomic E-state index is 11.6. The number of hydrogen-bond acceptors (Lipinski definition) is 5. The van der Waals surface area contributed by atoms with E-state index in [2.05, 4.69) is 0 Å². The highest BCUT2D eigenvalue weighted by Gasteiger charge is 2.16. The van der Waals surface area contributed by atoms with Crippen LogP contribution in [-0.2, 0) is 25.6 Å². The van der Waals surface area contributed by atoms with Crippen LogP contribution in [0.25, 0.3) is 0 Å². The first-order valence-electron chi connectivity index (χ1n) is 6.52. The van der Waals surface area contributed by atoms with Gasteiger partial charge in [-0.1, -0.05) is 30.3 Å². The minimum atomic E-state index is -0.785. The molecule has 1 aromatic carbocycles. The molecule has 0 saturated carbocycles. The van der Waals surface area contributed by atoms with E-state index in [1.165, 1.54) is 14.2 Å². The highest BCUT2D eigenvalue weighted by Crippen LogP contribution is 2.07. The van der Waals surface area contributed by atoms with Gasteiger partial charge >= 0.3 is 0 Å². The smallest absolute Gasteiger partial charge is 0.161 e. The molecule has 0 aliphatic rings. The highest BCUT2D eigenvalue weighted by atomic mass is 16.7. The van der Waals surface area contributed by atoms with Crippen molar-refractivity contribution in [1.29, 1.82) is 0 Å². The van der Waals surface area contributed by atoms with Gasteiger partial charge in [0.2, 0.25) is 0 Å². The summed E-state index contributed by atoms with van der Waals surface area (Å²) in [7, 11) is 2.98. The van der Waals surface area contributed by atoms with E-state index >= 15 is 0 Å². The molecule has 0 bridgehead atoms. The normalized spacial score (nSPS) is 12.6. The summed E-state index contributed by atoms with van der Waals surface area (Å²) in [5, 5.41) is 9.73. The Balaban J connectivity index is 2.19. The molecule has 5 nitrogen and oxygen atoms in total. The Morgan fingerprint density at radius 1 is 1.20 bits per heavy atom. The van der Waals surface area contributed by atoms with Gasteiger partial charge in [0.05, 0.1) is 12.7 Å². The van der Waals surface area contributed by atoms with Gasteiger partial charge in [-0.05, 0) is 5.56 Å². The molecular formula is C15H22O5. The molecule has 1 unspecified atom stereocenters. The predicted molar refractivity (Wildman–Crippen MR) is 74.2 cm³/mol. The molecule has 112 valence electrons. The second kappa shape index (κ2) is 9.61. The van der Waals surface area contributed by atoms with Gasteiger partial charge in [-0.2, -0.15) is 0 Å². The summed E-state index contributed by atoms with van der Waals surface area (Å²) >= 11 is 0. The number of aliphatic hydroxyl groups is 1. The third-order valence-corrected chi connectivity index (χ3v) is 2.83. The molecule has 1 N–H and O–H groups in total. The number of benzene rings is 1. The summed E-state index contributed by atoms with van der Waals surface area (Å²) in [6.45, 7) is 0.387. The van der Waals surface area contributed by atoms with Crippen LogP contribution in [-0.4, -0.2) is 44.1 Å². The Morgan fingerprint density at radius 2 is 1.85 bits per heavy atom. The summed E-state index contributed by atoms with van der Waals surface area (Å²) in [4.78, 5) is 11.6. The van der Waals surface area contributed by atoms with Gasteiger partial charge in [0.1, 0.15) is 6.61 Å². The van der Waals surface area contributed by atoms with Crippen LogP contribution in [0.1, 0.15) is 18.4 Å². The fourth-order valence-corrected chi connectivity index (χ4v) is 1.77. The van der Waals surface area contributed by atoms with Crippen LogP contribution in [0.5, 0.6) is 0 Å². The molecule has 0 heterocycles. The van der Waals surface area contributed by atoms with Crippen molar-refractivity contribution in [1.82, 2.24) is 0 Å². The maximum absolute atomic E-state index is 11.6. The van der Waals surface area contributed by atoms with Crippen molar-refractivity contribution in [2.45, 2.75) is 31.8 Å². The van der Waals surface area contributed by atoms with Gasteiger partial charge < -0.3 is 19.3 Å². The molecule has 0 spiro atoms. The molecule has 1 rings (SSSR count). The lowest BCUT2D eigenvalue weighted by Crippen LogP contribution is -2.24. The van der Waals surface area contributed by atoms with Gasteiger partial charge in [-0.25, -0.2) is 0 Å². The monoisotopic (exact) mass is 282 g/mol. The van der Waals surface area contributed by atoms with Gasteiger partial charge in [0.25, 0.3) is 0 Å². The molecule has 0 amide bonds. The van der Waals surface area contributed by atoms with Crippen LogP contribution in [0.3, 0.4) is 0 Å². The number of Topliss-reactive ketones (excluding diaryl/α,β-unsaturated/α-hetero) is 1. The van der Waals surface area contributed by atoms with Gasteiger partial charge in [0, 0.05) is 27.1 Å². The van der Waals surface area contributed by atoms with E-state index in [9.17, 15) is 9.90 Å². The zero-order valence-corrected chi connectivity index (χ0v) is 12.0. The van der Waals surface area contributed by atoms with Gasteiger partial charge in [-0.15, -0.1) is 0 Å². The fraction of sp³-hybridized carbons (Fsp3) is 0.533. The second-order valence-corrected chi connectivity index (χ2v) is 4.51. The van der Waals surface area contributed by atoms with E-state index in [-0.39, 0.29) is 25.2 Å². The summed E-state index contributed by atoms with van der Waals surface area (Å²) in [6.07, 6.45) is -0.981. The van der Waals surface area contributed by atoms with Gasteiger partial charge in [-0.3, -0.25) is 4.79 Å². The van der Waals surface area contributed by atoms with E-state index in [0.717, 1.165) is 5.56 Å². The molecule has 0 fully saturated rings. The number of aliphatic hydroxyl groups excluding tert-OH is 1. The topological polar surface area (TPSA) is 65.0 Å². The van der Waals surface area contributed by atoms with Crippen molar-refractivity contribution >= 4 is 5.78 Å². The molecule has 1 atom stereocenters. The Kier molecular flexibility index (Phi) is 8.06. The molecular weight excluding hydrogens is 260 g/mol. The number of ketones is 1. The Hall–Kier alpha value is -1.27. The molecule has 20 heavy (non-hydrogen) atoms. The van der Waals surface area contributed by atoms with E-state index in [0.29, 0.717) is 6.61 Å². The first kappa shape index (κ1) is 16.8. The van der Waals surface area contributed by atoms with Crippen molar-refractivity contribution in [3.05, 3.63) is 35.9 Å². The third kappa shape index (κ3) is 6.77. The molecule has 5 heteroatoms. The van der Waals surface area contributed by atoms with E-state index in [4.69, 9.17) is 14.2 Å². The lowest BCUT2D eigenvalue weighted by atomic mass is 10.1. The van der Waals surface area contributed by atoms with Crippen molar-refractivity contribution in [2.75, 3.05) is 20.8 Å². The van der Waals surface area contributed by atoms with Crippen LogP contribution >= 0.6 is 0 Å². The quantitative estimate of drug-likeness (QED) is 0.659. The van der Waals surface area contributed by atoms with Crippen LogP contribution in [0.15, 0.2) is 30.3 Å². The Morgan fingerprint density at radius 3 is 2.45 bits per heavy atom. The lowest BCUT2D eigenvalue weighted by molar-refractivity contribution is -0.134. The fourth-order valence-electron chi connectivity index (χ4n) is 1.77. The number of hydrogen-bond donors (Lipinski definition) is 1. The third-order valence-electron chi connectivity index (χ3n) is 2.83. The highest BCUT2D eigenvalue weighted by molar-refractivity contribution is 5.80. The van der Waals surface area contributed by atoms with Crippen molar-refractivity contribution in [2.24, 2.45) is 0 Å². The number of rotatable bonds is 10. The molecule has 0 aliphatic carbocycles. The number of carbonyl (C=O) groups is 1. The standard InChI is InChI=1S/C15H22O5/c1-18-15(19-2)9-13(16)8-14(17)11-20-10-12-6-4-3-5-7-12/h3-7,13,15-16H,8-11H2,1-2H3. The molecule has 1 aromatic rings. The SMILES string of the molecule is COC(CC(O)CC(=O)COCc1ccccc1)OC. The van der Waals surface area contributed by atoms with Gasteiger partial charge in [0.15, 0.2) is 12.1 Å². The van der Waals surface area contributed by atoms with Crippen LogP contribution in [0.2, 0.25) is 0 Å². The lowest BCUT2D eigenvalue weighted by Gasteiger charge is -2.17. The summed E-state index contributed by atoms with van der Waals surface area (Å²) in [6, 6.07) is 9.62. The molecule has 0 aromatic heterocycles. The molecule has 0 aliphatic heterocycles. The average Bonchev–Trinajstić information content (AvgIpc) is 2.45. The number of carbonyl (C=O) groups excluding carboxylic acids is 1. The summed E-state index contributed by atoms with van der Waals surface area (Å²) in [5.41, 5.74) is 1.01. The first-order chi connectivity index (χ1) is 9.65. The van der Waals surface area contributed by atoms with Crippen LogP contribution < -0.4 is 0 Å². The summed E-state index contributed by atoms with van der Waals surface area (Å²) < 4.78 is 15.2. The zero-order chi connectivity index (χ0) is 14.8. The van der Waals surface area contributed by atoms with Crippen molar-refractivity contribution in [3.63, 3.8) is 0 Å². The van der Waals surface area contributed by atoms with Crippen LogP contribution in [0, 0.1) is 0 Å². The molecule has 0 radical (unpaired) electrons. The minimum absolute atomic E-state index is 0.00339. The largest absolute Gasteiger partial charge is 0.392 e. The zero-order valence-electron chi connectivity index (χ0n) is 12.0. The van der Waals surface area contributed by atoms with Crippen LogP contribution in [0.4, 0.5) is 0 Å². The Bertz CT molecular complexity index is 375. The van der Waals surface area contributed by atoms with Crippen molar-refractivity contribution < 1.29 is 24.1 Å². The summed E-state index contributed by atoms with van der Waals surface area (Å²) in [5.74, 6) is -0.139. The van der Waals surface area contributed by atoms with E-state index in [1.54, 1.807) is 0 Å². The second-order valence-electron chi connectivity index (χ2n) is 4.51. The maximum Gasteiger partial charge on any atom is 0.161 e. The van der Waals surface area contributed by atoms with E-state index < -0.39 is 12.4 Å². The number of ether oxygens (including phenoxy) is 3. The average molecular weight is 282 g/mol. The first-order valence-corrected chi connectivity index (χ1v) is 6.52. The molecule has 0 saturated heterocycles. The van der Waals surface area contributed by atoms with E-state index in [1.807, 2.05) is 30.3 Å². The minimum Gasteiger partial charge on any atom is -0.392 e. The van der Waals surface area contributed by atoms with Crippen molar-refractivity contribution in [3.8, 4) is 0 Å². The number of methoxy groups -OCH3 is 2.